The minimum Gasteiger partial charge on any atom is -0.378 e. The first-order valence-corrected chi connectivity index (χ1v) is 12.1. The summed E-state index contributed by atoms with van der Waals surface area (Å²) in [5.74, 6) is 0. The van der Waals surface area contributed by atoms with E-state index in [4.69, 9.17) is 10.2 Å². The van der Waals surface area contributed by atoms with Crippen molar-refractivity contribution in [1.29, 1.82) is 5.26 Å². The number of nitrogens with zero attached hydrogens (tertiary/aromatic N) is 5. The molecule has 0 radical (unpaired) electrons. The Kier molecular flexibility index (Phi) is 7.56. The number of aromatic nitrogens is 1. The highest BCUT2D eigenvalue weighted by Crippen LogP contribution is 2.32. The Hall–Kier alpha value is -4.30. The van der Waals surface area contributed by atoms with Crippen molar-refractivity contribution in [3.05, 3.63) is 84.9 Å². The second kappa shape index (κ2) is 11.0. The molecule has 0 N–H and O–H groups in total. The van der Waals surface area contributed by atoms with Crippen molar-refractivity contribution in [3.63, 3.8) is 0 Å². The molecule has 4 rings (SSSR count). The summed E-state index contributed by atoms with van der Waals surface area (Å²) in [6, 6.07) is 32.1. The van der Waals surface area contributed by atoms with Crippen LogP contribution in [0.2, 0.25) is 0 Å². The van der Waals surface area contributed by atoms with Gasteiger partial charge in [0.2, 0.25) is 0 Å². The van der Waals surface area contributed by atoms with E-state index in [0.717, 1.165) is 50.7 Å². The zero-order valence-corrected chi connectivity index (χ0v) is 21.7. The molecule has 0 amide bonds. The zero-order chi connectivity index (χ0) is 25.7. The van der Waals surface area contributed by atoms with E-state index in [1.165, 1.54) is 0 Å². The van der Waals surface area contributed by atoms with Gasteiger partial charge in [-0.25, -0.2) is 4.98 Å². The van der Waals surface area contributed by atoms with Gasteiger partial charge in [0.1, 0.15) is 0 Å². The third-order valence-electron chi connectivity index (χ3n) is 6.38. The molecule has 0 unspecified atom stereocenters. The van der Waals surface area contributed by atoms with E-state index >= 15 is 0 Å². The Balaban J connectivity index is 1.76. The molecule has 0 bridgehead atoms. The van der Waals surface area contributed by atoms with Crippen LogP contribution >= 0.6 is 0 Å². The van der Waals surface area contributed by atoms with E-state index < -0.39 is 0 Å². The summed E-state index contributed by atoms with van der Waals surface area (Å²) in [6.07, 6.45) is 0.508. The highest BCUT2D eigenvalue weighted by molar-refractivity contribution is 5.78. The van der Waals surface area contributed by atoms with Crippen LogP contribution in [-0.4, -0.2) is 46.8 Å². The molecule has 36 heavy (non-hydrogen) atoms. The van der Waals surface area contributed by atoms with Gasteiger partial charge in [-0.05, 0) is 59.7 Å². The van der Waals surface area contributed by atoms with Crippen LogP contribution in [0, 0.1) is 11.3 Å². The van der Waals surface area contributed by atoms with Crippen LogP contribution in [0.3, 0.4) is 0 Å². The van der Waals surface area contributed by atoms with Gasteiger partial charge in [0.25, 0.3) is 0 Å². The van der Waals surface area contributed by atoms with E-state index in [2.05, 4.69) is 106 Å². The third-order valence-corrected chi connectivity index (χ3v) is 6.38. The largest absolute Gasteiger partial charge is 0.378 e. The molecule has 182 valence electrons. The van der Waals surface area contributed by atoms with Crippen LogP contribution in [0.1, 0.15) is 6.42 Å². The second-order valence-electron chi connectivity index (χ2n) is 9.39. The van der Waals surface area contributed by atoms with Crippen molar-refractivity contribution >= 4 is 17.1 Å². The molecule has 0 fully saturated rings. The summed E-state index contributed by atoms with van der Waals surface area (Å²) < 4.78 is 0. The van der Waals surface area contributed by atoms with Gasteiger partial charge in [-0.1, -0.05) is 36.4 Å². The molecule has 0 saturated heterocycles. The predicted octanol–water partition coefficient (Wildman–Crippen LogP) is 6.56. The quantitative estimate of drug-likeness (QED) is 0.289. The SMILES string of the molecule is CN(C)c1ccc(-c2cc(-c3ccc(N(C)CCC#N)cc3)cc(-c3ccc(N(C)C)cc3)n2)cc1. The zero-order valence-electron chi connectivity index (χ0n) is 21.7. The molecular weight excluding hydrogens is 442 g/mol. The van der Waals surface area contributed by atoms with E-state index in [0.29, 0.717) is 13.0 Å². The minimum atomic E-state index is 0.508. The molecule has 0 spiro atoms. The van der Waals surface area contributed by atoms with Gasteiger partial charge in [-0.2, -0.15) is 5.26 Å². The lowest BCUT2D eigenvalue weighted by atomic mass is 9.99. The second-order valence-corrected chi connectivity index (χ2v) is 9.39. The molecular formula is C31H33N5. The fourth-order valence-electron chi connectivity index (χ4n) is 4.11. The number of anilines is 3. The van der Waals surface area contributed by atoms with Crippen LogP contribution in [0.15, 0.2) is 84.9 Å². The molecule has 3 aromatic carbocycles. The Bertz CT molecular complexity index is 1260. The van der Waals surface area contributed by atoms with Crippen molar-refractivity contribution in [2.24, 2.45) is 0 Å². The topological polar surface area (TPSA) is 46.4 Å². The van der Waals surface area contributed by atoms with Gasteiger partial charge in [0, 0.05) is 70.0 Å². The van der Waals surface area contributed by atoms with E-state index in [9.17, 15) is 0 Å². The Morgan fingerprint density at radius 2 is 1.00 bits per heavy atom. The lowest BCUT2D eigenvalue weighted by Crippen LogP contribution is -2.17. The molecule has 1 heterocycles. The number of rotatable bonds is 8. The van der Waals surface area contributed by atoms with Crippen molar-refractivity contribution in [3.8, 4) is 39.7 Å². The number of pyridine rings is 1. The Morgan fingerprint density at radius 3 is 1.42 bits per heavy atom. The van der Waals surface area contributed by atoms with Gasteiger partial charge in [0.05, 0.1) is 23.9 Å². The fourth-order valence-corrected chi connectivity index (χ4v) is 4.11. The van der Waals surface area contributed by atoms with Crippen molar-refractivity contribution in [1.82, 2.24) is 4.98 Å². The molecule has 4 aromatic rings. The first-order valence-electron chi connectivity index (χ1n) is 12.1. The molecule has 5 heteroatoms. The Labute approximate surface area is 214 Å². The molecule has 0 aliphatic heterocycles. The number of nitriles is 1. The number of hydrogen-bond acceptors (Lipinski definition) is 5. The smallest absolute Gasteiger partial charge is 0.0715 e. The van der Waals surface area contributed by atoms with Gasteiger partial charge < -0.3 is 14.7 Å². The van der Waals surface area contributed by atoms with Crippen LogP contribution in [0.5, 0.6) is 0 Å². The van der Waals surface area contributed by atoms with Crippen LogP contribution < -0.4 is 14.7 Å². The van der Waals surface area contributed by atoms with Gasteiger partial charge in [-0.15, -0.1) is 0 Å². The van der Waals surface area contributed by atoms with Crippen LogP contribution in [0.25, 0.3) is 33.6 Å². The first kappa shape index (κ1) is 24.8. The van der Waals surface area contributed by atoms with Gasteiger partial charge in [0.15, 0.2) is 0 Å². The van der Waals surface area contributed by atoms with Crippen LogP contribution in [-0.2, 0) is 0 Å². The molecule has 5 nitrogen and oxygen atoms in total. The summed E-state index contributed by atoms with van der Waals surface area (Å²) in [7, 11) is 10.2. The predicted molar refractivity (Wildman–Crippen MR) is 153 cm³/mol. The number of benzene rings is 3. The van der Waals surface area contributed by atoms with Gasteiger partial charge in [-0.3, -0.25) is 0 Å². The normalized spacial score (nSPS) is 10.6. The minimum absolute atomic E-state index is 0.508. The lowest BCUT2D eigenvalue weighted by molar-refractivity contribution is 0.905. The molecule has 0 aliphatic carbocycles. The van der Waals surface area contributed by atoms with Crippen molar-refractivity contribution in [2.75, 3.05) is 56.5 Å². The molecule has 0 atom stereocenters. The van der Waals surface area contributed by atoms with Crippen molar-refractivity contribution in [2.45, 2.75) is 6.42 Å². The molecule has 0 saturated carbocycles. The van der Waals surface area contributed by atoms with Crippen molar-refractivity contribution < 1.29 is 0 Å². The summed E-state index contributed by atoms with van der Waals surface area (Å²) in [4.78, 5) is 11.4. The number of hydrogen-bond donors (Lipinski definition) is 0. The monoisotopic (exact) mass is 475 g/mol. The van der Waals surface area contributed by atoms with E-state index in [1.807, 2.05) is 35.2 Å². The third kappa shape index (κ3) is 5.67. The first-order chi connectivity index (χ1) is 17.4. The summed E-state index contributed by atoms with van der Waals surface area (Å²) in [5.41, 5.74) is 9.72. The highest BCUT2D eigenvalue weighted by atomic mass is 15.1. The maximum absolute atomic E-state index is 8.89. The Morgan fingerprint density at radius 1 is 0.583 bits per heavy atom. The fraction of sp³-hybridized carbons (Fsp3) is 0.226. The van der Waals surface area contributed by atoms with E-state index in [1.54, 1.807) is 0 Å². The molecule has 1 aromatic heterocycles. The molecule has 0 aliphatic rings. The van der Waals surface area contributed by atoms with Gasteiger partial charge >= 0.3 is 0 Å². The standard InChI is InChI=1S/C31H33N5/c1-34(2)27-13-9-24(10-14-27)30-21-26(23-7-17-29(18-8-23)36(5)20-6-19-32)22-31(33-30)25-11-15-28(16-12-25)35(3)4/h7-18,21-22H,6,20H2,1-5H3. The summed E-state index contributed by atoms with van der Waals surface area (Å²) in [5, 5.41) is 8.89. The average Bonchev–Trinajstić information content (AvgIpc) is 2.91. The highest BCUT2D eigenvalue weighted by Gasteiger charge is 2.11. The lowest BCUT2D eigenvalue weighted by Gasteiger charge is -2.18. The maximum Gasteiger partial charge on any atom is 0.0715 e. The van der Waals surface area contributed by atoms with E-state index in [-0.39, 0.29) is 0 Å². The average molecular weight is 476 g/mol. The maximum atomic E-state index is 8.89. The summed E-state index contributed by atoms with van der Waals surface area (Å²) >= 11 is 0. The van der Waals surface area contributed by atoms with Crippen LogP contribution in [0.4, 0.5) is 17.1 Å². The summed E-state index contributed by atoms with van der Waals surface area (Å²) in [6.45, 7) is 0.714.